The van der Waals surface area contributed by atoms with E-state index >= 15 is 0 Å². The van der Waals surface area contributed by atoms with Crippen LogP contribution in [0.2, 0.25) is 0 Å². The molecule has 7 heteroatoms. The molecule has 1 N–H and O–H groups in total. The molecule has 21 heavy (non-hydrogen) atoms. The molecule has 2 amide bonds. The number of nitrogens with zero attached hydrogens (tertiary/aromatic N) is 3. The number of aromatic nitrogens is 2. The van der Waals surface area contributed by atoms with E-state index in [2.05, 4.69) is 15.5 Å². The van der Waals surface area contributed by atoms with E-state index in [0.717, 1.165) is 13.0 Å². The summed E-state index contributed by atoms with van der Waals surface area (Å²) >= 11 is 1.33. The normalized spacial score (nSPS) is 26.6. The second-order valence-electron chi connectivity index (χ2n) is 5.92. The highest BCUT2D eigenvalue weighted by atomic mass is 32.1. The summed E-state index contributed by atoms with van der Waals surface area (Å²) in [7, 11) is 1.88. The number of rotatable bonds is 4. The highest BCUT2D eigenvalue weighted by Gasteiger charge is 2.58. The van der Waals surface area contributed by atoms with Crippen molar-refractivity contribution >= 4 is 22.5 Å². The maximum atomic E-state index is 12.4. The van der Waals surface area contributed by atoms with Crippen LogP contribution in [0.25, 0.3) is 0 Å². The maximum absolute atomic E-state index is 12.4. The quantitative estimate of drug-likeness (QED) is 0.928. The summed E-state index contributed by atoms with van der Waals surface area (Å²) in [5.41, 5.74) is 1.78. The van der Waals surface area contributed by atoms with Crippen molar-refractivity contribution < 1.29 is 9.53 Å². The monoisotopic (exact) mass is 310 g/mol. The van der Waals surface area contributed by atoms with E-state index in [1.54, 1.807) is 5.51 Å². The molecule has 0 radical (unpaired) electrons. The lowest BCUT2D eigenvalue weighted by molar-refractivity contribution is -0.150. The highest BCUT2D eigenvalue weighted by Crippen LogP contribution is 2.56. The number of ether oxygens (including phenoxy) is 1. The van der Waals surface area contributed by atoms with E-state index in [9.17, 15) is 4.79 Å². The molecule has 1 aromatic rings. The zero-order valence-corrected chi connectivity index (χ0v) is 13.4. The molecule has 2 atom stereocenters. The summed E-state index contributed by atoms with van der Waals surface area (Å²) in [6.07, 6.45) is 6.07. The Bertz CT molecular complexity index is 487. The predicted octanol–water partition coefficient (Wildman–Crippen LogP) is 2.74. The third-order valence-corrected chi connectivity index (χ3v) is 5.61. The van der Waals surface area contributed by atoms with Crippen molar-refractivity contribution in [2.75, 3.05) is 19.0 Å². The fourth-order valence-corrected chi connectivity index (χ4v) is 4.38. The number of anilines is 1. The fraction of sp³-hybridized carbons (Fsp3) is 0.786. The van der Waals surface area contributed by atoms with Gasteiger partial charge in [0.05, 0.1) is 6.10 Å². The zero-order chi connectivity index (χ0) is 14.9. The van der Waals surface area contributed by atoms with Crippen LogP contribution in [0.15, 0.2) is 5.51 Å². The maximum Gasteiger partial charge on any atom is 0.323 e. The average molecular weight is 310 g/mol. The smallest absolute Gasteiger partial charge is 0.323 e. The molecule has 1 aromatic heterocycles. The molecule has 2 fully saturated rings. The van der Waals surface area contributed by atoms with Crippen molar-refractivity contribution in [2.24, 2.45) is 5.41 Å². The molecule has 1 heterocycles. The molecular weight excluding hydrogens is 288 g/mol. The topological polar surface area (TPSA) is 67.3 Å². The van der Waals surface area contributed by atoms with Crippen LogP contribution in [0, 0.1) is 5.41 Å². The molecule has 1 spiro atoms. The lowest BCUT2D eigenvalue weighted by Crippen LogP contribution is -2.64. The van der Waals surface area contributed by atoms with Gasteiger partial charge in [-0.2, -0.15) is 0 Å². The lowest BCUT2D eigenvalue weighted by Gasteiger charge is -2.56. The van der Waals surface area contributed by atoms with Crippen LogP contribution in [0.5, 0.6) is 0 Å². The Morgan fingerprint density at radius 1 is 1.57 bits per heavy atom. The van der Waals surface area contributed by atoms with Crippen molar-refractivity contribution in [3.63, 3.8) is 0 Å². The van der Waals surface area contributed by atoms with Gasteiger partial charge in [-0.05, 0) is 26.2 Å². The van der Waals surface area contributed by atoms with Crippen LogP contribution in [-0.2, 0) is 4.74 Å². The van der Waals surface area contributed by atoms with E-state index in [1.807, 2.05) is 18.9 Å². The summed E-state index contributed by atoms with van der Waals surface area (Å²) in [5, 5.41) is 11.0. The van der Waals surface area contributed by atoms with Crippen molar-refractivity contribution in [1.29, 1.82) is 0 Å². The zero-order valence-electron chi connectivity index (χ0n) is 12.5. The van der Waals surface area contributed by atoms with Crippen molar-refractivity contribution in [3.05, 3.63) is 5.51 Å². The van der Waals surface area contributed by atoms with E-state index in [1.165, 1.54) is 37.0 Å². The standard InChI is InChI=1S/C14H22N4O2S/c1-3-20-11-8-10(14(11)6-4-5-7-14)18(2)13(19)16-12-17-15-9-21-12/h9-11H,3-8H2,1-2H3,(H,16,17,19)/t10-,11+/m1/s1. The van der Waals surface area contributed by atoms with Gasteiger partial charge in [-0.3, -0.25) is 5.32 Å². The summed E-state index contributed by atoms with van der Waals surface area (Å²) in [4.78, 5) is 14.2. The first kappa shape index (κ1) is 14.7. The van der Waals surface area contributed by atoms with Gasteiger partial charge in [0.25, 0.3) is 0 Å². The molecule has 0 aromatic carbocycles. The molecule has 6 nitrogen and oxygen atoms in total. The third kappa shape index (κ3) is 2.53. The minimum Gasteiger partial charge on any atom is -0.378 e. The molecular formula is C14H22N4O2S. The molecule has 116 valence electrons. The van der Waals surface area contributed by atoms with E-state index < -0.39 is 0 Å². The average Bonchev–Trinajstić information content (AvgIpc) is 3.14. The second-order valence-corrected chi connectivity index (χ2v) is 6.75. The number of hydrogen-bond acceptors (Lipinski definition) is 5. The number of hydrogen-bond donors (Lipinski definition) is 1. The van der Waals surface area contributed by atoms with Gasteiger partial charge in [0, 0.05) is 25.1 Å². The Morgan fingerprint density at radius 2 is 2.33 bits per heavy atom. The van der Waals surface area contributed by atoms with Gasteiger partial charge in [-0.25, -0.2) is 4.79 Å². The Balaban J connectivity index is 1.67. The fourth-order valence-electron chi connectivity index (χ4n) is 3.94. The van der Waals surface area contributed by atoms with Crippen LogP contribution < -0.4 is 5.32 Å². The van der Waals surface area contributed by atoms with Gasteiger partial charge < -0.3 is 9.64 Å². The van der Waals surface area contributed by atoms with Crippen LogP contribution in [0.3, 0.4) is 0 Å². The van der Waals surface area contributed by atoms with Crippen LogP contribution >= 0.6 is 11.3 Å². The lowest BCUT2D eigenvalue weighted by atomic mass is 9.60. The van der Waals surface area contributed by atoms with E-state index in [-0.39, 0.29) is 17.5 Å². The molecule has 2 aliphatic rings. The first-order chi connectivity index (χ1) is 10.2. The predicted molar refractivity (Wildman–Crippen MR) is 81.4 cm³/mol. The second kappa shape index (κ2) is 5.88. The minimum atomic E-state index is -0.0991. The van der Waals surface area contributed by atoms with Crippen LogP contribution in [0.4, 0.5) is 9.93 Å². The summed E-state index contributed by atoms with van der Waals surface area (Å²) in [5.74, 6) is 0. The Morgan fingerprint density at radius 3 is 2.95 bits per heavy atom. The third-order valence-electron chi connectivity index (χ3n) is 5.01. The highest BCUT2D eigenvalue weighted by molar-refractivity contribution is 7.13. The molecule has 0 aliphatic heterocycles. The van der Waals surface area contributed by atoms with Gasteiger partial charge >= 0.3 is 6.03 Å². The Hall–Kier alpha value is -1.21. The molecule has 0 unspecified atom stereocenters. The first-order valence-electron chi connectivity index (χ1n) is 7.59. The number of carbonyl (C=O) groups excluding carboxylic acids is 1. The van der Waals surface area contributed by atoms with Crippen molar-refractivity contribution in [2.45, 2.75) is 51.2 Å². The van der Waals surface area contributed by atoms with Gasteiger partial charge in [0.1, 0.15) is 5.51 Å². The molecule has 2 saturated carbocycles. The first-order valence-corrected chi connectivity index (χ1v) is 8.47. The number of amides is 2. The molecule has 0 saturated heterocycles. The van der Waals surface area contributed by atoms with E-state index in [0.29, 0.717) is 11.2 Å². The van der Waals surface area contributed by atoms with Crippen LogP contribution in [0.1, 0.15) is 39.0 Å². The summed E-state index contributed by atoms with van der Waals surface area (Å²) in [6.45, 7) is 2.79. The molecule has 0 bridgehead atoms. The summed E-state index contributed by atoms with van der Waals surface area (Å²) in [6, 6.07) is 0.169. The van der Waals surface area contributed by atoms with Gasteiger partial charge in [0.15, 0.2) is 0 Å². The largest absolute Gasteiger partial charge is 0.378 e. The Labute approximate surface area is 128 Å². The van der Waals surface area contributed by atoms with Crippen molar-refractivity contribution in [1.82, 2.24) is 15.1 Å². The number of nitrogens with one attached hydrogen (secondary N) is 1. The Kier molecular flexibility index (Phi) is 4.12. The minimum absolute atomic E-state index is 0.0991. The van der Waals surface area contributed by atoms with Gasteiger partial charge in [0.2, 0.25) is 5.13 Å². The molecule has 2 aliphatic carbocycles. The molecule has 3 rings (SSSR count). The van der Waals surface area contributed by atoms with Gasteiger partial charge in [-0.15, -0.1) is 10.2 Å². The van der Waals surface area contributed by atoms with E-state index in [4.69, 9.17) is 4.74 Å². The van der Waals surface area contributed by atoms with Gasteiger partial charge in [-0.1, -0.05) is 24.2 Å². The summed E-state index contributed by atoms with van der Waals surface area (Å²) < 4.78 is 5.90. The van der Waals surface area contributed by atoms with Crippen LogP contribution in [-0.4, -0.2) is 46.9 Å². The SMILES string of the molecule is CCO[C@H]1C[C@@H](N(C)C(=O)Nc2nncs2)C12CCCC2. The number of carbonyl (C=O) groups is 1. The van der Waals surface area contributed by atoms with Crippen molar-refractivity contribution in [3.8, 4) is 0 Å². The number of urea groups is 1.